The summed E-state index contributed by atoms with van der Waals surface area (Å²) in [4.78, 5) is 36.9. The van der Waals surface area contributed by atoms with Gasteiger partial charge in [-0.3, -0.25) is 19.1 Å². The van der Waals surface area contributed by atoms with Crippen molar-refractivity contribution in [1.82, 2.24) is 9.55 Å². The highest BCUT2D eigenvalue weighted by Gasteiger charge is 2.58. The Bertz CT molecular complexity index is 686. The molecular formula is C15H20N2O5. The van der Waals surface area contributed by atoms with E-state index in [0.717, 1.165) is 19.3 Å². The summed E-state index contributed by atoms with van der Waals surface area (Å²) in [5, 5.41) is 0. The fourth-order valence-electron chi connectivity index (χ4n) is 2.95. The molecule has 7 nitrogen and oxygen atoms in total. The lowest BCUT2D eigenvalue weighted by atomic mass is 10.0. The molecule has 0 amide bonds. The lowest BCUT2D eigenvalue weighted by molar-refractivity contribution is -0.152. The van der Waals surface area contributed by atoms with Crippen LogP contribution in [0.1, 0.15) is 39.3 Å². The largest absolute Gasteiger partial charge is 0.463 e. The van der Waals surface area contributed by atoms with Crippen LogP contribution in [0.2, 0.25) is 0 Å². The molecule has 1 saturated carbocycles. The molecule has 1 aliphatic carbocycles. The van der Waals surface area contributed by atoms with Gasteiger partial charge in [0.1, 0.15) is 12.8 Å². The summed E-state index contributed by atoms with van der Waals surface area (Å²) in [5.41, 5.74) is -0.966. The molecule has 0 bridgehead atoms. The van der Waals surface area contributed by atoms with Crippen LogP contribution in [0, 0.1) is 11.3 Å². The molecule has 1 saturated heterocycles. The third kappa shape index (κ3) is 2.72. The number of carbonyl (C=O) groups is 1. The topological polar surface area (TPSA) is 90.4 Å². The summed E-state index contributed by atoms with van der Waals surface area (Å²) in [6.07, 6.45) is 3.55. The highest BCUT2D eigenvalue weighted by atomic mass is 16.6. The van der Waals surface area contributed by atoms with Crippen molar-refractivity contribution < 1.29 is 14.3 Å². The number of nitrogens with zero attached hydrogens (tertiary/aromatic N) is 1. The average molecular weight is 308 g/mol. The predicted octanol–water partition coefficient (Wildman–Crippen LogP) is 0.804. The second-order valence-electron chi connectivity index (χ2n) is 6.48. The molecule has 2 heterocycles. The Morgan fingerprint density at radius 3 is 2.82 bits per heavy atom. The van der Waals surface area contributed by atoms with Gasteiger partial charge in [-0.25, -0.2) is 4.79 Å². The van der Waals surface area contributed by atoms with Crippen molar-refractivity contribution in [3.63, 3.8) is 0 Å². The number of carbonyl (C=O) groups excluding carboxylic acids is 1. The smallest absolute Gasteiger partial charge is 0.330 e. The molecule has 1 spiro atoms. The van der Waals surface area contributed by atoms with E-state index in [1.165, 1.54) is 16.8 Å². The van der Waals surface area contributed by atoms with Gasteiger partial charge in [-0.2, -0.15) is 0 Å². The fourth-order valence-corrected chi connectivity index (χ4v) is 2.95. The maximum absolute atomic E-state index is 11.9. The second kappa shape index (κ2) is 5.39. The number of esters is 1. The Kier molecular flexibility index (Phi) is 3.68. The van der Waals surface area contributed by atoms with Gasteiger partial charge in [-0.05, 0) is 19.3 Å². The molecule has 1 aromatic heterocycles. The zero-order valence-electron chi connectivity index (χ0n) is 12.7. The molecule has 1 aromatic rings. The zero-order valence-corrected chi connectivity index (χ0v) is 12.7. The molecule has 22 heavy (non-hydrogen) atoms. The molecule has 1 aliphatic heterocycles. The molecule has 0 unspecified atom stereocenters. The first-order valence-corrected chi connectivity index (χ1v) is 7.55. The minimum Gasteiger partial charge on any atom is -0.463 e. The summed E-state index contributed by atoms with van der Waals surface area (Å²) in [6.45, 7) is 3.76. The van der Waals surface area contributed by atoms with Crippen molar-refractivity contribution in [1.29, 1.82) is 0 Å². The van der Waals surface area contributed by atoms with E-state index in [1.807, 2.05) is 0 Å². The van der Waals surface area contributed by atoms with Gasteiger partial charge in [0.15, 0.2) is 0 Å². The zero-order chi connectivity index (χ0) is 15.9. The molecule has 2 aliphatic rings. The van der Waals surface area contributed by atoms with E-state index < -0.39 is 17.5 Å². The highest BCUT2D eigenvalue weighted by Crippen LogP contribution is 2.62. The van der Waals surface area contributed by atoms with Gasteiger partial charge in [0.05, 0.1) is 12.0 Å². The molecule has 0 aromatic carbocycles. The molecule has 0 radical (unpaired) electrons. The number of nitrogens with one attached hydrogen (secondary N) is 1. The summed E-state index contributed by atoms with van der Waals surface area (Å²) in [7, 11) is 0. The van der Waals surface area contributed by atoms with Crippen molar-refractivity contribution in [2.75, 3.05) is 6.61 Å². The highest BCUT2D eigenvalue weighted by molar-refractivity contribution is 5.71. The first-order valence-electron chi connectivity index (χ1n) is 7.55. The van der Waals surface area contributed by atoms with E-state index in [9.17, 15) is 14.4 Å². The molecule has 2 atom stereocenters. The second-order valence-corrected chi connectivity index (χ2v) is 6.48. The van der Waals surface area contributed by atoms with E-state index in [1.54, 1.807) is 13.8 Å². The summed E-state index contributed by atoms with van der Waals surface area (Å²) in [6, 6.07) is 1.31. The number of aromatic nitrogens is 2. The SMILES string of the molecule is CC(C)C(=O)OC[C@@H]1CC2(CC2)[C@H](n2ccc(=O)[nH]c2=O)O1. The van der Waals surface area contributed by atoms with Crippen LogP contribution in [-0.4, -0.2) is 28.2 Å². The van der Waals surface area contributed by atoms with Crippen LogP contribution in [0.5, 0.6) is 0 Å². The quantitative estimate of drug-likeness (QED) is 0.831. The van der Waals surface area contributed by atoms with E-state index >= 15 is 0 Å². The summed E-state index contributed by atoms with van der Waals surface area (Å²) in [5.74, 6) is -0.424. The molecule has 120 valence electrons. The number of hydrogen-bond donors (Lipinski definition) is 1. The van der Waals surface area contributed by atoms with Crippen molar-refractivity contribution in [2.24, 2.45) is 11.3 Å². The van der Waals surface area contributed by atoms with Crippen molar-refractivity contribution in [3.8, 4) is 0 Å². The van der Waals surface area contributed by atoms with Crippen LogP contribution in [0.3, 0.4) is 0 Å². The number of hydrogen-bond acceptors (Lipinski definition) is 5. The predicted molar refractivity (Wildman–Crippen MR) is 77.3 cm³/mol. The van der Waals surface area contributed by atoms with Gasteiger partial charge in [0.2, 0.25) is 0 Å². The van der Waals surface area contributed by atoms with Crippen LogP contribution in [0.15, 0.2) is 21.9 Å². The van der Waals surface area contributed by atoms with E-state index in [0.29, 0.717) is 0 Å². The average Bonchev–Trinajstić information content (AvgIpc) is 3.12. The summed E-state index contributed by atoms with van der Waals surface area (Å²) >= 11 is 0. The number of rotatable bonds is 4. The van der Waals surface area contributed by atoms with E-state index in [2.05, 4.69) is 4.98 Å². The molecule has 3 rings (SSSR count). The van der Waals surface area contributed by atoms with Crippen LogP contribution < -0.4 is 11.2 Å². The Morgan fingerprint density at radius 2 is 2.23 bits per heavy atom. The van der Waals surface area contributed by atoms with E-state index in [-0.39, 0.29) is 30.0 Å². The van der Waals surface area contributed by atoms with Gasteiger partial charge in [0.25, 0.3) is 5.56 Å². The van der Waals surface area contributed by atoms with Crippen LogP contribution in [0.4, 0.5) is 0 Å². The van der Waals surface area contributed by atoms with Gasteiger partial charge < -0.3 is 9.47 Å². The normalized spacial score (nSPS) is 25.6. The van der Waals surface area contributed by atoms with Gasteiger partial charge in [0, 0.05) is 17.7 Å². The molecule has 7 heteroatoms. The number of H-pyrrole nitrogens is 1. The Morgan fingerprint density at radius 1 is 1.50 bits per heavy atom. The first-order chi connectivity index (χ1) is 10.4. The standard InChI is InChI=1S/C15H20N2O5/c1-9(2)12(19)21-8-10-7-15(4-5-15)13(22-10)17-6-3-11(18)16-14(17)20/h3,6,9-10,13H,4-5,7-8H2,1-2H3,(H,16,18,20)/t10-,13+/m0/s1. The lowest BCUT2D eigenvalue weighted by Crippen LogP contribution is -2.34. The molecule has 1 N–H and O–H groups in total. The van der Waals surface area contributed by atoms with Crippen molar-refractivity contribution >= 4 is 5.97 Å². The first kappa shape index (κ1) is 15.0. The Balaban J connectivity index is 1.73. The van der Waals surface area contributed by atoms with E-state index in [4.69, 9.17) is 9.47 Å². The third-order valence-corrected chi connectivity index (χ3v) is 4.36. The van der Waals surface area contributed by atoms with Crippen molar-refractivity contribution in [3.05, 3.63) is 33.1 Å². The molecule has 2 fully saturated rings. The number of aromatic amines is 1. The third-order valence-electron chi connectivity index (χ3n) is 4.36. The maximum atomic E-state index is 11.9. The fraction of sp³-hybridized carbons (Fsp3) is 0.667. The van der Waals surface area contributed by atoms with Gasteiger partial charge in [-0.15, -0.1) is 0 Å². The van der Waals surface area contributed by atoms with Crippen LogP contribution in [-0.2, 0) is 14.3 Å². The van der Waals surface area contributed by atoms with Gasteiger partial charge >= 0.3 is 11.7 Å². The molecular weight excluding hydrogens is 288 g/mol. The minimum atomic E-state index is -0.469. The van der Waals surface area contributed by atoms with Crippen LogP contribution >= 0.6 is 0 Å². The maximum Gasteiger partial charge on any atom is 0.330 e. The monoisotopic (exact) mass is 308 g/mol. The van der Waals surface area contributed by atoms with Crippen molar-refractivity contribution in [2.45, 2.75) is 45.4 Å². The van der Waals surface area contributed by atoms with Gasteiger partial charge in [-0.1, -0.05) is 13.8 Å². The Hall–Kier alpha value is -1.89. The summed E-state index contributed by atoms with van der Waals surface area (Å²) < 4.78 is 12.6. The number of ether oxygens (including phenoxy) is 2. The minimum absolute atomic E-state index is 0.0724. The Labute approximate surface area is 127 Å². The lowest BCUT2D eigenvalue weighted by Gasteiger charge is -2.19. The van der Waals surface area contributed by atoms with Crippen LogP contribution in [0.25, 0.3) is 0 Å².